The topological polar surface area (TPSA) is 40.6 Å². The highest BCUT2D eigenvalue weighted by Crippen LogP contribution is 2.39. The second-order valence-electron chi connectivity index (χ2n) is 10.8. The lowest BCUT2D eigenvalue weighted by molar-refractivity contribution is 0.935. The van der Waals surface area contributed by atoms with Crippen LogP contribution in [0.5, 0.6) is 0 Å². The van der Waals surface area contributed by atoms with Crippen LogP contribution in [0, 0.1) is 0 Å². The van der Waals surface area contributed by atoms with Crippen molar-refractivity contribution in [2.45, 2.75) is 0 Å². The molecule has 0 aliphatic rings. The van der Waals surface area contributed by atoms with Crippen LogP contribution in [0.15, 0.2) is 152 Å². The molecule has 0 spiro atoms. The lowest BCUT2D eigenvalue weighted by atomic mass is 10.0. The molecule has 0 N–H and O–H groups in total. The predicted octanol–water partition coefficient (Wildman–Crippen LogP) is 9.13. The van der Waals surface area contributed by atoms with Gasteiger partial charge < -0.3 is 4.57 Å². The first-order valence-electron chi connectivity index (χ1n) is 14.4. The smallest absolute Gasteiger partial charge is 0.241 e. The molecule has 0 aliphatic carbocycles. The van der Waals surface area contributed by atoms with Gasteiger partial charge in [-0.1, -0.05) is 97.1 Å². The van der Waals surface area contributed by atoms with Gasteiger partial charge in [-0.3, -0.25) is 9.13 Å². The number of fused-ring (bicyclic) bond motifs is 6. The summed E-state index contributed by atoms with van der Waals surface area (Å²) in [6, 6.07) is 51.1. The van der Waals surface area contributed by atoms with E-state index in [2.05, 4.69) is 141 Å². The van der Waals surface area contributed by atoms with Gasteiger partial charge in [0.05, 0.1) is 22.2 Å². The molecule has 6 aromatic carbocycles. The number of rotatable bonds is 4. The van der Waals surface area contributed by atoms with Gasteiger partial charge in [-0.15, -0.1) is 10.2 Å². The van der Waals surface area contributed by atoms with Crippen LogP contribution in [0.4, 0.5) is 0 Å². The minimum Gasteiger partial charge on any atom is -0.317 e. The molecule has 0 bridgehead atoms. The Labute approximate surface area is 247 Å². The van der Waals surface area contributed by atoms with Crippen molar-refractivity contribution < 1.29 is 0 Å². The molecule has 0 unspecified atom stereocenters. The van der Waals surface area contributed by atoms with Crippen molar-refractivity contribution in [1.29, 1.82) is 0 Å². The van der Waals surface area contributed by atoms with E-state index in [4.69, 9.17) is 10.2 Å². The number of hydrogen-bond donors (Lipinski definition) is 0. The number of aromatic nitrogens is 5. The van der Waals surface area contributed by atoms with Crippen LogP contribution < -0.4 is 0 Å². The molecule has 0 radical (unpaired) electrons. The van der Waals surface area contributed by atoms with Crippen LogP contribution in [0.25, 0.3) is 72.2 Å². The van der Waals surface area contributed by atoms with Crippen LogP contribution in [0.3, 0.4) is 0 Å². The quantitative estimate of drug-likeness (QED) is 0.219. The van der Waals surface area contributed by atoms with Crippen LogP contribution in [0.1, 0.15) is 0 Å². The molecule has 0 atom stereocenters. The van der Waals surface area contributed by atoms with Crippen LogP contribution in [-0.2, 0) is 0 Å². The van der Waals surface area contributed by atoms with Crippen molar-refractivity contribution in [3.63, 3.8) is 0 Å². The van der Waals surface area contributed by atoms with Crippen molar-refractivity contribution >= 4 is 43.5 Å². The summed E-state index contributed by atoms with van der Waals surface area (Å²) in [5.74, 6) is 1.55. The van der Waals surface area contributed by atoms with Crippen molar-refractivity contribution in [2.75, 3.05) is 0 Å². The number of benzene rings is 6. The molecule has 0 amide bonds. The van der Waals surface area contributed by atoms with E-state index in [0.717, 1.165) is 45.3 Å². The molecule has 0 saturated heterocycles. The zero-order valence-electron chi connectivity index (χ0n) is 23.2. The van der Waals surface area contributed by atoms with Gasteiger partial charge in [-0.05, 0) is 53.9 Å². The molecular formula is C38H25N5. The fourth-order valence-corrected chi connectivity index (χ4v) is 6.45. The van der Waals surface area contributed by atoms with E-state index < -0.39 is 0 Å². The first-order valence-corrected chi connectivity index (χ1v) is 14.4. The fourth-order valence-electron chi connectivity index (χ4n) is 6.45. The van der Waals surface area contributed by atoms with Gasteiger partial charge in [0.25, 0.3) is 0 Å². The van der Waals surface area contributed by atoms with E-state index in [-0.39, 0.29) is 0 Å². The molecule has 5 nitrogen and oxygen atoms in total. The molecule has 9 rings (SSSR count). The number of hydrogen-bond acceptors (Lipinski definition) is 2. The van der Waals surface area contributed by atoms with Gasteiger partial charge in [0.2, 0.25) is 5.95 Å². The first-order chi connectivity index (χ1) is 21.3. The minimum atomic E-state index is 0.752. The van der Waals surface area contributed by atoms with Gasteiger partial charge in [-0.2, -0.15) is 0 Å². The largest absolute Gasteiger partial charge is 0.317 e. The summed E-state index contributed by atoms with van der Waals surface area (Å²) < 4.78 is 6.73. The molecule has 3 aromatic heterocycles. The van der Waals surface area contributed by atoms with E-state index in [9.17, 15) is 0 Å². The second-order valence-corrected chi connectivity index (χ2v) is 10.8. The molecule has 0 fully saturated rings. The number of para-hydroxylation sites is 3. The maximum Gasteiger partial charge on any atom is 0.241 e. The Balaban J connectivity index is 1.42. The Kier molecular flexibility index (Phi) is 5.13. The van der Waals surface area contributed by atoms with Gasteiger partial charge in [0.15, 0.2) is 5.82 Å². The third-order valence-electron chi connectivity index (χ3n) is 8.39. The summed E-state index contributed by atoms with van der Waals surface area (Å²) in [6.45, 7) is 0. The Morgan fingerprint density at radius 3 is 1.93 bits per heavy atom. The summed E-state index contributed by atoms with van der Waals surface area (Å²) in [4.78, 5) is 0. The predicted molar refractivity (Wildman–Crippen MR) is 175 cm³/mol. The van der Waals surface area contributed by atoms with Crippen molar-refractivity contribution in [3.8, 4) is 28.7 Å². The molecule has 0 aliphatic heterocycles. The maximum absolute atomic E-state index is 4.91. The Bertz CT molecular complexity index is 2430. The third kappa shape index (κ3) is 3.58. The van der Waals surface area contributed by atoms with Gasteiger partial charge >= 0.3 is 0 Å². The molecule has 9 aromatic rings. The standard InChI is InChI=1S/C38H25N5/c1-4-12-26(13-5-1)37-39-40-38(42(37)30-16-8-3-9-17-30)43-34-19-11-10-18-31(34)32-21-20-27-24-28-22-23-41(29-14-6-2-7-15-29)35(28)25-33(27)36(32)43/h1-25H. The van der Waals surface area contributed by atoms with Gasteiger partial charge in [0, 0.05) is 39.0 Å². The zero-order chi connectivity index (χ0) is 28.3. The zero-order valence-corrected chi connectivity index (χ0v) is 23.2. The Morgan fingerprint density at radius 1 is 0.442 bits per heavy atom. The third-order valence-corrected chi connectivity index (χ3v) is 8.39. The highest BCUT2D eigenvalue weighted by atomic mass is 15.4. The van der Waals surface area contributed by atoms with Gasteiger partial charge in [-0.25, -0.2) is 0 Å². The summed E-state index contributed by atoms with van der Waals surface area (Å²) in [7, 11) is 0. The van der Waals surface area contributed by atoms with Crippen molar-refractivity contribution in [1.82, 2.24) is 23.9 Å². The highest BCUT2D eigenvalue weighted by Gasteiger charge is 2.23. The normalized spacial score (nSPS) is 11.7. The van der Waals surface area contributed by atoms with Crippen LogP contribution >= 0.6 is 0 Å². The summed E-state index contributed by atoms with van der Waals surface area (Å²) in [5.41, 5.74) is 6.53. The van der Waals surface area contributed by atoms with Crippen LogP contribution in [0.2, 0.25) is 0 Å². The van der Waals surface area contributed by atoms with Crippen molar-refractivity contribution in [2.24, 2.45) is 0 Å². The molecule has 5 heteroatoms. The summed E-state index contributed by atoms with van der Waals surface area (Å²) in [5, 5.41) is 15.6. The SMILES string of the molecule is c1ccc(-c2nnc(-n3c4ccccc4c4ccc5cc6ccn(-c7ccccc7)c6cc5c43)n2-c2ccccc2)cc1. The summed E-state index contributed by atoms with van der Waals surface area (Å²) in [6.07, 6.45) is 2.16. The lowest BCUT2D eigenvalue weighted by Gasteiger charge is -2.14. The molecule has 43 heavy (non-hydrogen) atoms. The fraction of sp³-hybridized carbons (Fsp3) is 0. The molecule has 3 heterocycles. The average molecular weight is 552 g/mol. The second kappa shape index (κ2) is 9.29. The summed E-state index contributed by atoms with van der Waals surface area (Å²) >= 11 is 0. The van der Waals surface area contributed by atoms with E-state index in [0.29, 0.717) is 0 Å². The maximum atomic E-state index is 4.91. The number of nitrogens with zero attached hydrogens (tertiary/aromatic N) is 5. The molecular weight excluding hydrogens is 526 g/mol. The Hall–Kier alpha value is -5.94. The van der Waals surface area contributed by atoms with E-state index in [1.165, 1.54) is 26.9 Å². The molecule has 0 saturated carbocycles. The van der Waals surface area contributed by atoms with Gasteiger partial charge in [0.1, 0.15) is 0 Å². The highest BCUT2D eigenvalue weighted by molar-refractivity contribution is 6.20. The monoisotopic (exact) mass is 551 g/mol. The average Bonchev–Trinajstić information content (AvgIpc) is 3.78. The lowest BCUT2D eigenvalue weighted by Crippen LogP contribution is -2.07. The van der Waals surface area contributed by atoms with E-state index in [1.54, 1.807) is 0 Å². The first kappa shape index (κ1) is 23.7. The van der Waals surface area contributed by atoms with Crippen molar-refractivity contribution in [3.05, 3.63) is 152 Å². The Morgan fingerprint density at radius 2 is 1.14 bits per heavy atom. The van der Waals surface area contributed by atoms with Crippen LogP contribution in [-0.4, -0.2) is 23.9 Å². The van der Waals surface area contributed by atoms with E-state index in [1.807, 2.05) is 24.3 Å². The molecule has 202 valence electrons. The minimum absolute atomic E-state index is 0.752. The van der Waals surface area contributed by atoms with E-state index >= 15 is 0 Å².